The Kier molecular flexibility index (Phi) is 5.19. The van der Waals surface area contributed by atoms with Crippen LogP contribution in [0.25, 0.3) is 0 Å². The lowest BCUT2D eigenvalue weighted by Gasteiger charge is -2.38. The normalized spacial score (nSPS) is 37.1. The molecule has 1 aromatic rings. The van der Waals surface area contributed by atoms with Gasteiger partial charge in [-0.05, 0) is 79.8 Å². The van der Waals surface area contributed by atoms with Gasteiger partial charge in [-0.3, -0.25) is 0 Å². The van der Waals surface area contributed by atoms with E-state index in [1.807, 2.05) is 0 Å². The Morgan fingerprint density at radius 2 is 1.60 bits per heavy atom. The van der Waals surface area contributed by atoms with Crippen molar-refractivity contribution in [2.24, 2.45) is 17.8 Å². The van der Waals surface area contributed by atoms with Crippen LogP contribution in [-0.4, -0.2) is 0 Å². The highest BCUT2D eigenvalue weighted by Crippen LogP contribution is 2.44. The Balaban J connectivity index is 1.69. The van der Waals surface area contributed by atoms with E-state index in [9.17, 15) is 13.2 Å². The number of unbranched alkanes of at least 4 members (excludes halogenated alkanes) is 1. The number of benzene rings is 1. The van der Waals surface area contributed by atoms with E-state index < -0.39 is 36.1 Å². The first-order chi connectivity index (χ1) is 13.2. The summed E-state index contributed by atoms with van der Waals surface area (Å²) >= 11 is 0. The summed E-state index contributed by atoms with van der Waals surface area (Å²) in [4.78, 5) is 0. The van der Waals surface area contributed by atoms with Crippen LogP contribution in [0.1, 0.15) is 93.1 Å². The molecule has 0 aromatic heterocycles. The molecule has 3 atom stereocenters. The summed E-state index contributed by atoms with van der Waals surface area (Å²) in [7, 11) is 0. The van der Waals surface area contributed by atoms with Crippen molar-refractivity contribution in [1.29, 1.82) is 0 Å². The maximum Gasteiger partial charge on any atom is 0.194 e. The lowest BCUT2D eigenvalue weighted by Crippen LogP contribution is -2.25. The van der Waals surface area contributed by atoms with Gasteiger partial charge in [0, 0.05) is 4.11 Å². The second-order valence-corrected chi connectivity index (χ2v) is 7.84. The molecule has 2 aliphatic rings. The van der Waals surface area contributed by atoms with Crippen molar-refractivity contribution in [3.8, 4) is 0 Å². The van der Waals surface area contributed by atoms with Crippen molar-refractivity contribution >= 4 is 0 Å². The summed E-state index contributed by atoms with van der Waals surface area (Å²) in [5.74, 6) is -3.76. The van der Waals surface area contributed by atoms with E-state index in [0.29, 0.717) is 18.8 Å². The third kappa shape index (κ3) is 4.60. The maximum absolute atomic E-state index is 13.7. The van der Waals surface area contributed by atoms with Crippen molar-refractivity contribution in [2.45, 2.75) is 83.4 Å². The minimum Gasteiger partial charge on any atom is -0.204 e. The van der Waals surface area contributed by atoms with Gasteiger partial charge in [-0.25, -0.2) is 13.2 Å². The van der Waals surface area contributed by atoms with Gasteiger partial charge in [0.05, 0.1) is 0 Å². The molecule has 1 unspecified atom stereocenters. The molecule has 0 heterocycles. The molecular weight excluding hydrogens is 321 g/mol. The standard InChI is InChI=1S/C22H31F3/c1-2-3-4-15-5-7-16(8-6-15)17-9-11-18(12-10-17)19-13-20(23)22(25)21(24)14-19/h13-18H,2-12H2,1H3/t15?,16?,17-,18?/i11D,12D2/t11-,15?,16?,17-,18?/m1/s1. The van der Waals surface area contributed by atoms with Crippen molar-refractivity contribution in [3.63, 3.8) is 0 Å². The van der Waals surface area contributed by atoms with Gasteiger partial charge in [0.25, 0.3) is 0 Å². The van der Waals surface area contributed by atoms with Crippen LogP contribution < -0.4 is 0 Å². The minimum atomic E-state index is -1.73. The quantitative estimate of drug-likeness (QED) is 0.483. The highest BCUT2D eigenvalue weighted by atomic mass is 19.2. The smallest absolute Gasteiger partial charge is 0.194 e. The predicted octanol–water partition coefficient (Wildman–Crippen LogP) is 7.37. The van der Waals surface area contributed by atoms with Crippen LogP contribution in [0.2, 0.25) is 0 Å². The maximum atomic E-state index is 13.7. The molecule has 0 nitrogen and oxygen atoms in total. The van der Waals surface area contributed by atoms with Crippen molar-refractivity contribution in [1.82, 2.24) is 0 Å². The van der Waals surface area contributed by atoms with E-state index in [-0.39, 0.29) is 11.5 Å². The van der Waals surface area contributed by atoms with E-state index in [1.165, 1.54) is 32.1 Å². The van der Waals surface area contributed by atoms with Gasteiger partial charge in [0.2, 0.25) is 0 Å². The van der Waals surface area contributed by atoms with Crippen LogP contribution in [0.15, 0.2) is 12.1 Å². The van der Waals surface area contributed by atoms with Crippen LogP contribution in [0.5, 0.6) is 0 Å². The molecular formula is C22H31F3. The molecule has 25 heavy (non-hydrogen) atoms. The average molecular weight is 356 g/mol. The lowest BCUT2D eigenvalue weighted by molar-refractivity contribution is 0.155. The number of hydrogen-bond donors (Lipinski definition) is 0. The van der Waals surface area contributed by atoms with Crippen LogP contribution >= 0.6 is 0 Å². The van der Waals surface area contributed by atoms with Gasteiger partial charge in [0.15, 0.2) is 17.5 Å². The first-order valence-corrected chi connectivity index (χ1v) is 9.79. The van der Waals surface area contributed by atoms with Crippen LogP contribution in [0, 0.1) is 35.2 Å². The molecule has 2 fully saturated rings. The Morgan fingerprint density at radius 1 is 0.960 bits per heavy atom. The summed E-state index contributed by atoms with van der Waals surface area (Å²) in [5, 5.41) is 0. The first kappa shape index (κ1) is 15.1. The molecule has 3 rings (SSSR count). The molecule has 2 aliphatic carbocycles. The zero-order valence-electron chi connectivity index (χ0n) is 18.0. The summed E-state index contributed by atoms with van der Waals surface area (Å²) in [5.41, 5.74) is 0.0584. The monoisotopic (exact) mass is 355 g/mol. The average Bonchev–Trinajstić information content (AvgIpc) is 2.63. The second-order valence-electron chi connectivity index (χ2n) is 7.84. The molecule has 0 amide bonds. The summed E-state index contributed by atoms with van der Waals surface area (Å²) in [6.07, 6.45) is 6.64. The predicted molar refractivity (Wildman–Crippen MR) is 96.0 cm³/mol. The van der Waals surface area contributed by atoms with Gasteiger partial charge in [-0.15, -0.1) is 0 Å². The van der Waals surface area contributed by atoms with Gasteiger partial charge in [0.1, 0.15) is 0 Å². The molecule has 2 saturated carbocycles. The molecule has 140 valence electrons. The Hall–Kier alpha value is -0.990. The summed E-state index contributed by atoms with van der Waals surface area (Å²) in [6, 6.07) is 1.73. The van der Waals surface area contributed by atoms with Gasteiger partial charge in [-0.2, -0.15) is 0 Å². The molecule has 0 bridgehead atoms. The van der Waals surface area contributed by atoms with Crippen molar-refractivity contribution in [3.05, 3.63) is 35.1 Å². The van der Waals surface area contributed by atoms with Gasteiger partial charge < -0.3 is 0 Å². The highest BCUT2D eigenvalue weighted by molar-refractivity contribution is 5.23. The topological polar surface area (TPSA) is 0 Å². The van der Waals surface area contributed by atoms with E-state index in [2.05, 4.69) is 6.92 Å². The summed E-state index contributed by atoms with van der Waals surface area (Å²) in [6.45, 7) is 2.21. The van der Waals surface area contributed by atoms with Gasteiger partial charge in [-0.1, -0.05) is 39.0 Å². The van der Waals surface area contributed by atoms with E-state index >= 15 is 0 Å². The zero-order chi connectivity index (χ0) is 20.5. The SMILES string of the molecule is [2H][C@@H]1C[C@@H](C2CCC(CCCC)CC2)CC([2H])([2H])C1c1cc(F)c(F)c(F)c1. The zero-order valence-corrected chi connectivity index (χ0v) is 15.0. The number of rotatable bonds is 5. The van der Waals surface area contributed by atoms with E-state index in [1.54, 1.807) is 0 Å². The molecule has 0 N–H and O–H groups in total. The Morgan fingerprint density at radius 3 is 2.20 bits per heavy atom. The van der Waals surface area contributed by atoms with Crippen LogP contribution in [0.4, 0.5) is 13.2 Å². The summed E-state index contributed by atoms with van der Waals surface area (Å²) < 4.78 is 66.2. The first-order valence-electron chi connectivity index (χ1n) is 11.4. The Bertz CT molecular complexity index is 648. The fourth-order valence-electron chi connectivity index (χ4n) is 4.56. The van der Waals surface area contributed by atoms with Crippen LogP contribution in [-0.2, 0) is 0 Å². The number of halogens is 3. The molecule has 0 radical (unpaired) electrons. The number of hydrogen-bond acceptors (Lipinski definition) is 0. The molecule has 0 spiro atoms. The molecule has 0 aliphatic heterocycles. The van der Waals surface area contributed by atoms with E-state index in [4.69, 9.17) is 4.11 Å². The lowest BCUT2D eigenvalue weighted by atomic mass is 9.68. The Labute approximate surface area is 154 Å². The molecule has 0 saturated heterocycles. The third-order valence-electron chi connectivity index (χ3n) is 6.16. The third-order valence-corrected chi connectivity index (χ3v) is 6.16. The largest absolute Gasteiger partial charge is 0.204 e. The minimum absolute atomic E-state index is 0.0584. The van der Waals surface area contributed by atoms with Crippen molar-refractivity contribution < 1.29 is 17.3 Å². The fraction of sp³-hybridized carbons (Fsp3) is 0.727. The fourth-order valence-corrected chi connectivity index (χ4v) is 4.56. The second kappa shape index (κ2) is 8.60. The van der Waals surface area contributed by atoms with E-state index in [0.717, 1.165) is 30.9 Å². The molecule has 3 heteroatoms. The molecule has 1 aromatic carbocycles. The van der Waals surface area contributed by atoms with Gasteiger partial charge >= 0.3 is 0 Å². The van der Waals surface area contributed by atoms with Crippen LogP contribution in [0.3, 0.4) is 0 Å². The van der Waals surface area contributed by atoms with Crippen molar-refractivity contribution in [2.75, 3.05) is 0 Å². The highest BCUT2D eigenvalue weighted by Gasteiger charge is 2.31.